The molecule has 104 valence electrons. The molecule has 1 atom stereocenters. The van der Waals surface area contributed by atoms with Crippen molar-refractivity contribution in [1.29, 1.82) is 0 Å². The minimum atomic E-state index is 0. The summed E-state index contributed by atoms with van der Waals surface area (Å²) in [6.07, 6.45) is 5.54. The number of hydrogen-bond acceptors (Lipinski definition) is 1. The second-order valence-electron chi connectivity index (χ2n) is 4.69. The molecule has 0 rings (SSSR count). The molecule has 0 radical (unpaired) electrons. The maximum absolute atomic E-state index is 4.83. The Morgan fingerprint density at radius 1 is 0.941 bits per heavy atom. The van der Waals surface area contributed by atoms with E-state index in [1.165, 1.54) is 25.7 Å². The molecule has 0 amide bonds. The van der Waals surface area contributed by atoms with Crippen LogP contribution in [-0.4, -0.2) is 41.6 Å². The topological polar surface area (TPSA) is 9.23 Å². The normalized spacial score (nSPS) is 11.5. The van der Waals surface area contributed by atoms with E-state index in [1.807, 2.05) is 13.8 Å². The summed E-state index contributed by atoms with van der Waals surface area (Å²) < 4.78 is 4.83. The molecule has 0 aromatic carbocycles. The number of rotatable bonds is 8. The number of alkyl halides is 1. The molecule has 0 fully saturated rings. The van der Waals surface area contributed by atoms with Gasteiger partial charge in [-0.15, -0.1) is 0 Å². The average Bonchev–Trinajstić information content (AvgIpc) is 2.19. The van der Waals surface area contributed by atoms with E-state index in [0.717, 1.165) is 30.4 Å². The minimum Gasteiger partial charge on any atom is -0.382 e. The van der Waals surface area contributed by atoms with Crippen LogP contribution >= 0.6 is 15.9 Å². The molecule has 0 aliphatic rings. The monoisotopic (exact) mass is 320 g/mol. The van der Waals surface area contributed by atoms with Crippen LogP contribution in [0.4, 0.5) is 0 Å². The van der Waals surface area contributed by atoms with Crippen molar-refractivity contribution in [1.82, 2.24) is 0 Å². The summed E-state index contributed by atoms with van der Waals surface area (Å²) in [5.74, 6) is 1.79. The van der Waals surface area contributed by atoms with E-state index in [0.29, 0.717) is 0 Å². The van der Waals surface area contributed by atoms with Crippen LogP contribution < -0.4 is 0 Å². The lowest BCUT2D eigenvalue weighted by atomic mass is 9.98. The van der Waals surface area contributed by atoms with Gasteiger partial charge in [0.05, 0.1) is 0 Å². The highest BCUT2D eigenvalue weighted by Crippen LogP contribution is 2.15. The fourth-order valence-electron chi connectivity index (χ4n) is 1.41. The molecule has 0 aromatic rings. The molecule has 1 nitrogen and oxygen atoms in total. The van der Waals surface area contributed by atoms with Crippen LogP contribution in [0.1, 0.15) is 60.3 Å². The second-order valence-corrected chi connectivity index (χ2v) is 5.48. The van der Waals surface area contributed by atoms with Crippen molar-refractivity contribution in [3.8, 4) is 0 Å². The Bertz CT molecular complexity index is 119. The molecule has 1 unspecified atom stereocenters. The zero-order valence-electron chi connectivity index (χ0n) is 11.9. The van der Waals surface area contributed by atoms with Crippen LogP contribution in [0.5, 0.6) is 0 Å². The maximum atomic E-state index is 4.83. The maximum Gasteiger partial charge on any atom is 0.316 e. The van der Waals surface area contributed by atoms with E-state index in [4.69, 9.17) is 4.74 Å². The fourth-order valence-corrected chi connectivity index (χ4v) is 2.19. The van der Waals surface area contributed by atoms with Crippen molar-refractivity contribution < 1.29 is 4.74 Å². The third-order valence-corrected chi connectivity index (χ3v) is 2.95. The van der Waals surface area contributed by atoms with Crippen molar-refractivity contribution in [3.05, 3.63) is 0 Å². The molecule has 17 heavy (non-hydrogen) atoms. The summed E-state index contributed by atoms with van der Waals surface area (Å²) in [5.41, 5.74) is 0. The molecular weight excluding hydrogens is 288 g/mol. The quantitative estimate of drug-likeness (QED) is 0.477. The zero-order chi connectivity index (χ0) is 12.8. The molecule has 0 aliphatic heterocycles. The third-order valence-electron chi connectivity index (χ3n) is 2.49. The Balaban J connectivity index is -0.000000280. The van der Waals surface area contributed by atoms with Gasteiger partial charge in [-0.1, -0.05) is 56.0 Å². The summed E-state index contributed by atoms with van der Waals surface area (Å²) >= 11 is 3.47. The largest absolute Gasteiger partial charge is 0.382 e. The summed E-state index contributed by atoms with van der Waals surface area (Å²) in [6, 6.07) is 0. The van der Waals surface area contributed by atoms with E-state index < -0.39 is 0 Å². The molecule has 3 heteroatoms. The minimum absolute atomic E-state index is 0. The van der Waals surface area contributed by atoms with Crippen LogP contribution in [0.15, 0.2) is 0 Å². The Labute approximate surface area is 134 Å². The average molecular weight is 322 g/mol. The number of ether oxygens (including phenoxy) is 1. The highest BCUT2D eigenvalue weighted by atomic mass is 79.9. The Hall–Kier alpha value is 1.21. The summed E-state index contributed by atoms with van der Waals surface area (Å²) in [6.45, 7) is 12.6. The van der Waals surface area contributed by atoms with Crippen molar-refractivity contribution in [3.63, 3.8) is 0 Å². The Morgan fingerprint density at radius 2 is 1.47 bits per heavy atom. The van der Waals surface area contributed by atoms with Gasteiger partial charge < -0.3 is 4.74 Å². The summed E-state index contributed by atoms with van der Waals surface area (Å²) in [7, 11) is 0. The van der Waals surface area contributed by atoms with Gasteiger partial charge in [-0.25, -0.2) is 0 Å². The number of halogens is 1. The van der Waals surface area contributed by atoms with E-state index in [2.05, 4.69) is 36.7 Å². The van der Waals surface area contributed by atoms with Gasteiger partial charge in [-0.3, -0.25) is 0 Å². The third kappa shape index (κ3) is 26.7. The predicted octanol–water partition coefficient (Wildman–Crippen LogP) is 4.36. The molecule has 0 spiro atoms. The SMILES string of the molecule is CC(C)CCCC(C)CCBr.CCOCC.[MgH2]. The lowest BCUT2D eigenvalue weighted by molar-refractivity contribution is 0.162. The summed E-state index contributed by atoms with van der Waals surface area (Å²) in [4.78, 5) is 0. The first-order chi connectivity index (χ1) is 7.58. The molecule has 0 aliphatic carbocycles. The van der Waals surface area contributed by atoms with Gasteiger partial charge in [0.2, 0.25) is 0 Å². The van der Waals surface area contributed by atoms with Gasteiger partial charge in [0, 0.05) is 18.5 Å². The molecule has 0 heterocycles. The van der Waals surface area contributed by atoms with Gasteiger partial charge in [0.1, 0.15) is 0 Å². The highest BCUT2D eigenvalue weighted by molar-refractivity contribution is 9.09. The molecule has 0 aromatic heterocycles. The van der Waals surface area contributed by atoms with E-state index in [1.54, 1.807) is 0 Å². The van der Waals surface area contributed by atoms with Crippen LogP contribution in [0.25, 0.3) is 0 Å². The van der Waals surface area contributed by atoms with Crippen LogP contribution in [0.3, 0.4) is 0 Å². The van der Waals surface area contributed by atoms with Gasteiger partial charge >= 0.3 is 23.1 Å². The van der Waals surface area contributed by atoms with Crippen LogP contribution in [0.2, 0.25) is 0 Å². The van der Waals surface area contributed by atoms with Gasteiger partial charge in [0.15, 0.2) is 0 Å². The van der Waals surface area contributed by atoms with E-state index in [-0.39, 0.29) is 23.1 Å². The predicted molar refractivity (Wildman–Crippen MR) is 87.0 cm³/mol. The van der Waals surface area contributed by atoms with E-state index >= 15 is 0 Å². The van der Waals surface area contributed by atoms with Gasteiger partial charge in [-0.05, 0) is 32.1 Å². The number of hydrogen-bond donors (Lipinski definition) is 0. The van der Waals surface area contributed by atoms with E-state index in [9.17, 15) is 0 Å². The van der Waals surface area contributed by atoms with Gasteiger partial charge in [-0.2, -0.15) is 0 Å². The van der Waals surface area contributed by atoms with Gasteiger partial charge in [0.25, 0.3) is 0 Å². The lowest BCUT2D eigenvalue weighted by Crippen LogP contribution is -1.96. The molecule has 0 saturated heterocycles. The van der Waals surface area contributed by atoms with Crippen LogP contribution in [-0.2, 0) is 4.74 Å². The molecule has 0 bridgehead atoms. The molecule has 0 saturated carbocycles. The summed E-state index contributed by atoms with van der Waals surface area (Å²) in [5, 5.41) is 1.16. The Morgan fingerprint density at radius 3 is 1.76 bits per heavy atom. The molecular formula is C14H33BrMgO. The van der Waals surface area contributed by atoms with Crippen LogP contribution in [0, 0.1) is 11.8 Å². The lowest BCUT2D eigenvalue weighted by Gasteiger charge is -2.09. The Kier molecular flexibility index (Phi) is 26.8. The first-order valence-electron chi connectivity index (χ1n) is 6.72. The molecule has 0 N–H and O–H groups in total. The standard InChI is InChI=1S/C10H21Br.C4H10O.Mg.2H/c1-9(2)5-4-6-10(3)7-8-11;1-3-5-4-2;;;/h9-10H,4-8H2,1-3H3;3-4H2,1-2H3;;;. The van der Waals surface area contributed by atoms with Crippen molar-refractivity contribution in [2.75, 3.05) is 18.5 Å². The zero-order valence-corrected chi connectivity index (χ0v) is 13.5. The highest BCUT2D eigenvalue weighted by Gasteiger charge is 2.01. The van der Waals surface area contributed by atoms with Crippen molar-refractivity contribution >= 4 is 39.0 Å². The smallest absolute Gasteiger partial charge is 0.316 e. The first-order valence-corrected chi connectivity index (χ1v) is 7.84. The second kappa shape index (κ2) is 19.5. The van der Waals surface area contributed by atoms with Crippen molar-refractivity contribution in [2.45, 2.75) is 60.3 Å². The fraction of sp³-hybridized carbons (Fsp3) is 1.00. The first kappa shape index (κ1) is 23.3. The van der Waals surface area contributed by atoms with Crippen molar-refractivity contribution in [2.24, 2.45) is 11.8 Å².